The summed E-state index contributed by atoms with van der Waals surface area (Å²) in [5.41, 5.74) is 1.56. The van der Waals surface area contributed by atoms with Crippen LogP contribution in [-0.2, 0) is 17.9 Å². The normalized spacial score (nSPS) is 11.3. The Labute approximate surface area is 184 Å². The molecule has 2 heterocycles. The van der Waals surface area contributed by atoms with Gasteiger partial charge in [-0.3, -0.25) is 23.5 Å². The molecule has 2 aromatic heterocycles. The molecule has 0 saturated carbocycles. The first kappa shape index (κ1) is 21.4. The summed E-state index contributed by atoms with van der Waals surface area (Å²) in [6.45, 7) is 5.05. The minimum absolute atomic E-state index is 0.115. The van der Waals surface area contributed by atoms with E-state index in [1.54, 1.807) is 47.3 Å². The second-order valence-corrected chi connectivity index (χ2v) is 8.24. The first-order valence-corrected chi connectivity index (χ1v) is 10.7. The van der Waals surface area contributed by atoms with Gasteiger partial charge in [0.15, 0.2) is 0 Å². The SMILES string of the molecule is CC(C)Cn1cnc2ccc(NC(=O)CCCn3cnc4ccccc4c3=O)cc2c1=O. The second kappa shape index (κ2) is 9.13. The fourth-order valence-corrected chi connectivity index (χ4v) is 3.66. The number of carbonyl (C=O) groups excluding carboxylic acids is 1. The van der Waals surface area contributed by atoms with Crippen molar-refractivity contribution < 1.29 is 4.79 Å². The van der Waals surface area contributed by atoms with Crippen molar-refractivity contribution in [1.29, 1.82) is 0 Å². The molecule has 0 bridgehead atoms. The summed E-state index contributed by atoms with van der Waals surface area (Å²) in [6.07, 6.45) is 3.80. The van der Waals surface area contributed by atoms with Gasteiger partial charge in [0, 0.05) is 25.2 Å². The summed E-state index contributed by atoms with van der Waals surface area (Å²) in [5.74, 6) is 0.137. The molecular weight excluding hydrogens is 406 g/mol. The predicted octanol–water partition coefficient (Wildman–Crippen LogP) is 3.18. The van der Waals surface area contributed by atoms with E-state index in [1.165, 1.54) is 10.9 Å². The summed E-state index contributed by atoms with van der Waals surface area (Å²) >= 11 is 0. The van der Waals surface area contributed by atoms with Crippen LogP contribution in [0.25, 0.3) is 21.8 Å². The Morgan fingerprint density at radius 1 is 0.938 bits per heavy atom. The molecule has 32 heavy (non-hydrogen) atoms. The highest BCUT2D eigenvalue weighted by atomic mass is 16.2. The number of amides is 1. The minimum atomic E-state index is -0.183. The van der Waals surface area contributed by atoms with Crippen LogP contribution in [0.5, 0.6) is 0 Å². The molecule has 1 N–H and O–H groups in total. The molecule has 8 heteroatoms. The Kier molecular flexibility index (Phi) is 6.11. The maximum absolute atomic E-state index is 12.7. The van der Waals surface area contributed by atoms with E-state index >= 15 is 0 Å². The molecule has 1 amide bonds. The Morgan fingerprint density at radius 3 is 2.41 bits per heavy atom. The van der Waals surface area contributed by atoms with Crippen LogP contribution < -0.4 is 16.4 Å². The van der Waals surface area contributed by atoms with Crippen molar-refractivity contribution in [2.24, 2.45) is 5.92 Å². The van der Waals surface area contributed by atoms with Gasteiger partial charge in [-0.2, -0.15) is 0 Å². The molecule has 8 nitrogen and oxygen atoms in total. The van der Waals surface area contributed by atoms with Crippen molar-refractivity contribution in [3.63, 3.8) is 0 Å². The van der Waals surface area contributed by atoms with E-state index in [-0.39, 0.29) is 23.4 Å². The lowest BCUT2D eigenvalue weighted by atomic mass is 10.2. The van der Waals surface area contributed by atoms with Crippen LogP contribution in [0.3, 0.4) is 0 Å². The molecule has 0 unspecified atom stereocenters. The smallest absolute Gasteiger partial charge is 0.261 e. The zero-order valence-electron chi connectivity index (χ0n) is 18.1. The third-order valence-corrected chi connectivity index (χ3v) is 5.20. The standard InChI is InChI=1S/C24H25N5O3/c1-16(2)13-29-15-26-21-10-9-17(12-19(21)24(29)32)27-22(30)8-5-11-28-14-25-20-7-4-3-6-18(20)23(28)31/h3-4,6-7,9-10,12,14-16H,5,8,11,13H2,1-2H3,(H,27,30). The average molecular weight is 431 g/mol. The van der Waals surface area contributed by atoms with Crippen molar-refractivity contribution in [3.8, 4) is 0 Å². The number of anilines is 1. The topological polar surface area (TPSA) is 98.9 Å². The molecule has 0 radical (unpaired) electrons. The summed E-state index contributed by atoms with van der Waals surface area (Å²) < 4.78 is 3.11. The second-order valence-electron chi connectivity index (χ2n) is 8.24. The maximum Gasteiger partial charge on any atom is 0.261 e. The predicted molar refractivity (Wildman–Crippen MR) is 125 cm³/mol. The number of hydrogen-bond donors (Lipinski definition) is 1. The Balaban J connectivity index is 1.42. The first-order valence-electron chi connectivity index (χ1n) is 10.7. The molecule has 0 saturated heterocycles. The van der Waals surface area contributed by atoms with Gasteiger partial charge in [-0.25, -0.2) is 9.97 Å². The number of nitrogens with one attached hydrogen (secondary N) is 1. The summed E-state index contributed by atoms with van der Waals surface area (Å²) in [4.78, 5) is 46.3. The van der Waals surface area contributed by atoms with E-state index in [4.69, 9.17) is 0 Å². The van der Waals surface area contributed by atoms with E-state index in [9.17, 15) is 14.4 Å². The van der Waals surface area contributed by atoms with Gasteiger partial charge in [-0.15, -0.1) is 0 Å². The summed E-state index contributed by atoms with van der Waals surface area (Å²) in [6, 6.07) is 12.3. The number of carbonyl (C=O) groups is 1. The van der Waals surface area contributed by atoms with Crippen LogP contribution in [0.15, 0.2) is 64.7 Å². The van der Waals surface area contributed by atoms with E-state index < -0.39 is 0 Å². The molecular formula is C24H25N5O3. The molecule has 0 aliphatic rings. The van der Waals surface area contributed by atoms with Gasteiger partial charge in [-0.1, -0.05) is 26.0 Å². The number of aryl methyl sites for hydroxylation is 1. The highest BCUT2D eigenvalue weighted by Gasteiger charge is 2.09. The Hall–Kier alpha value is -3.81. The van der Waals surface area contributed by atoms with Crippen LogP contribution >= 0.6 is 0 Å². The summed E-state index contributed by atoms with van der Waals surface area (Å²) in [7, 11) is 0. The van der Waals surface area contributed by atoms with Gasteiger partial charge in [0.05, 0.1) is 34.5 Å². The highest BCUT2D eigenvalue weighted by Crippen LogP contribution is 2.15. The zero-order chi connectivity index (χ0) is 22.7. The molecule has 164 valence electrons. The molecule has 2 aromatic carbocycles. The van der Waals surface area contributed by atoms with Gasteiger partial charge >= 0.3 is 0 Å². The van der Waals surface area contributed by atoms with Crippen LogP contribution in [-0.4, -0.2) is 25.0 Å². The molecule has 0 fully saturated rings. The fourth-order valence-electron chi connectivity index (χ4n) is 3.66. The monoisotopic (exact) mass is 431 g/mol. The van der Waals surface area contributed by atoms with E-state index in [0.717, 1.165) is 0 Å². The van der Waals surface area contributed by atoms with E-state index in [2.05, 4.69) is 15.3 Å². The van der Waals surface area contributed by atoms with Gasteiger partial charge in [-0.05, 0) is 42.7 Å². The van der Waals surface area contributed by atoms with Crippen molar-refractivity contribution in [3.05, 3.63) is 75.8 Å². The zero-order valence-corrected chi connectivity index (χ0v) is 18.1. The van der Waals surface area contributed by atoms with Gasteiger partial charge in [0.2, 0.25) is 5.91 Å². The lowest BCUT2D eigenvalue weighted by Crippen LogP contribution is -2.23. The van der Waals surface area contributed by atoms with E-state index in [0.29, 0.717) is 52.9 Å². The van der Waals surface area contributed by atoms with Crippen LogP contribution in [0, 0.1) is 5.92 Å². The lowest BCUT2D eigenvalue weighted by Gasteiger charge is -2.10. The summed E-state index contributed by atoms with van der Waals surface area (Å²) in [5, 5.41) is 3.87. The van der Waals surface area contributed by atoms with Crippen molar-refractivity contribution >= 4 is 33.4 Å². The number of aromatic nitrogens is 4. The number of nitrogens with zero attached hydrogens (tertiary/aromatic N) is 4. The number of fused-ring (bicyclic) bond motifs is 2. The third kappa shape index (κ3) is 4.59. The van der Waals surface area contributed by atoms with Crippen molar-refractivity contribution in [1.82, 2.24) is 19.1 Å². The fraction of sp³-hybridized carbons (Fsp3) is 0.292. The molecule has 0 aliphatic carbocycles. The lowest BCUT2D eigenvalue weighted by molar-refractivity contribution is -0.116. The van der Waals surface area contributed by atoms with Crippen LogP contribution in [0.2, 0.25) is 0 Å². The largest absolute Gasteiger partial charge is 0.326 e. The minimum Gasteiger partial charge on any atom is -0.326 e. The first-order chi connectivity index (χ1) is 15.4. The highest BCUT2D eigenvalue weighted by molar-refractivity contribution is 5.93. The van der Waals surface area contributed by atoms with E-state index in [1.807, 2.05) is 19.9 Å². The number of para-hydroxylation sites is 1. The Morgan fingerprint density at radius 2 is 1.62 bits per heavy atom. The maximum atomic E-state index is 12.7. The molecule has 0 atom stereocenters. The number of rotatable bonds is 7. The van der Waals surface area contributed by atoms with Crippen LogP contribution in [0.4, 0.5) is 5.69 Å². The third-order valence-electron chi connectivity index (χ3n) is 5.20. The quantitative estimate of drug-likeness (QED) is 0.485. The molecule has 0 aliphatic heterocycles. The molecule has 4 aromatic rings. The van der Waals surface area contributed by atoms with Crippen LogP contribution in [0.1, 0.15) is 26.7 Å². The van der Waals surface area contributed by atoms with Gasteiger partial charge in [0.1, 0.15) is 0 Å². The number of hydrogen-bond acceptors (Lipinski definition) is 5. The van der Waals surface area contributed by atoms with Crippen molar-refractivity contribution in [2.45, 2.75) is 39.8 Å². The van der Waals surface area contributed by atoms with Gasteiger partial charge in [0.25, 0.3) is 11.1 Å². The average Bonchev–Trinajstić information content (AvgIpc) is 2.77. The van der Waals surface area contributed by atoms with Gasteiger partial charge < -0.3 is 5.32 Å². The Bertz CT molecular complexity index is 1400. The van der Waals surface area contributed by atoms with Crippen molar-refractivity contribution in [2.75, 3.05) is 5.32 Å². The molecule has 4 rings (SSSR count). The number of benzene rings is 2. The molecule has 0 spiro atoms.